The molecule has 122 valence electrons. The Morgan fingerprint density at radius 3 is 2.12 bits per heavy atom. The van der Waals surface area contributed by atoms with Crippen molar-refractivity contribution in [2.45, 2.75) is 20.4 Å². The normalized spacial score (nSPS) is 11.1. The molecule has 1 aromatic heterocycles. The van der Waals surface area contributed by atoms with Crippen molar-refractivity contribution < 1.29 is 9.36 Å². The second-order valence-corrected chi connectivity index (χ2v) is 6.67. The van der Waals surface area contributed by atoms with Gasteiger partial charge in [0.25, 0.3) is 0 Å². The van der Waals surface area contributed by atoms with Crippen LogP contribution in [-0.4, -0.2) is 5.78 Å². The first-order valence-electron chi connectivity index (χ1n) is 8.52. The number of rotatable bonds is 3. The molecular formula is C23H20NO+. The van der Waals surface area contributed by atoms with E-state index in [4.69, 9.17) is 0 Å². The van der Waals surface area contributed by atoms with Crippen LogP contribution in [0.4, 0.5) is 0 Å². The number of ketones is 1. The van der Waals surface area contributed by atoms with Gasteiger partial charge in [-0.2, -0.15) is 4.57 Å². The van der Waals surface area contributed by atoms with Crippen molar-refractivity contribution in [1.82, 2.24) is 0 Å². The molecule has 0 aliphatic rings. The summed E-state index contributed by atoms with van der Waals surface area (Å²) in [6, 6.07) is 20.4. The Morgan fingerprint density at radius 1 is 0.800 bits per heavy atom. The van der Waals surface area contributed by atoms with Gasteiger partial charge in [0.05, 0.1) is 0 Å². The highest BCUT2D eigenvalue weighted by atomic mass is 16.1. The summed E-state index contributed by atoms with van der Waals surface area (Å²) >= 11 is 0. The first-order valence-corrected chi connectivity index (χ1v) is 8.52. The first-order chi connectivity index (χ1) is 12.1. The topological polar surface area (TPSA) is 20.9 Å². The predicted octanol–water partition coefficient (Wildman–Crippen LogP) is 4.78. The van der Waals surface area contributed by atoms with Crippen LogP contribution in [0.15, 0.2) is 73.1 Å². The molecular weight excluding hydrogens is 306 g/mol. The molecule has 25 heavy (non-hydrogen) atoms. The molecule has 0 amide bonds. The van der Waals surface area contributed by atoms with Gasteiger partial charge in [-0.1, -0.05) is 42.5 Å². The Morgan fingerprint density at radius 2 is 1.44 bits per heavy atom. The van der Waals surface area contributed by atoms with E-state index in [2.05, 4.69) is 50.4 Å². The highest BCUT2D eigenvalue weighted by Gasteiger charge is 2.12. The summed E-state index contributed by atoms with van der Waals surface area (Å²) in [7, 11) is 0. The molecule has 0 atom stereocenters. The highest BCUT2D eigenvalue weighted by Crippen LogP contribution is 2.24. The van der Waals surface area contributed by atoms with E-state index in [0.29, 0.717) is 6.54 Å². The maximum atomic E-state index is 12.4. The van der Waals surface area contributed by atoms with Gasteiger partial charge < -0.3 is 0 Å². The van der Waals surface area contributed by atoms with Gasteiger partial charge in [0.15, 0.2) is 12.4 Å². The molecule has 2 nitrogen and oxygen atoms in total. The lowest BCUT2D eigenvalue weighted by molar-refractivity contribution is -0.681. The molecule has 0 aliphatic carbocycles. The minimum atomic E-state index is 0.122. The predicted molar refractivity (Wildman–Crippen MR) is 102 cm³/mol. The van der Waals surface area contributed by atoms with Gasteiger partial charge in [-0.25, -0.2) is 0 Å². The fourth-order valence-electron chi connectivity index (χ4n) is 3.25. The zero-order valence-electron chi connectivity index (χ0n) is 14.5. The second-order valence-electron chi connectivity index (χ2n) is 6.67. The summed E-state index contributed by atoms with van der Waals surface area (Å²) in [6.45, 7) is 4.64. The largest absolute Gasteiger partial charge is 0.287 e. The van der Waals surface area contributed by atoms with Crippen molar-refractivity contribution in [2.24, 2.45) is 0 Å². The molecule has 0 fully saturated rings. The molecule has 2 heteroatoms. The molecule has 0 spiro atoms. The summed E-state index contributed by atoms with van der Waals surface area (Å²) in [5, 5.41) is 4.84. The van der Waals surface area contributed by atoms with E-state index in [9.17, 15) is 4.79 Å². The number of benzene rings is 3. The molecule has 4 rings (SSSR count). The Bertz CT molecular complexity index is 1100. The lowest BCUT2D eigenvalue weighted by Gasteiger charge is -2.06. The Balaban J connectivity index is 1.73. The second kappa shape index (κ2) is 6.14. The summed E-state index contributed by atoms with van der Waals surface area (Å²) in [5.74, 6) is 0.122. The number of carbonyl (C=O) groups excluding carboxylic acids is 1. The zero-order chi connectivity index (χ0) is 17.4. The van der Waals surface area contributed by atoms with Crippen LogP contribution < -0.4 is 4.57 Å². The van der Waals surface area contributed by atoms with E-state index in [1.165, 1.54) is 27.3 Å². The first kappa shape index (κ1) is 15.5. The SMILES string of the molecule is Cc1cc2cc3cc[n+](CC(=O)c4ccccc4)cc3cc2cc1C. The van der Waals surface area contributed by atoms with Gasteiger partial charge in [0.2, 0.25) is 12.3 Å². The van der Waals surface area contributed by atoms with Gasteiger partial charge >= 0.3 is 0 Å². The van der Waals surface area contributed by atoms with Crippen molar-refractivity contribution in [2.75, 3.05) is 0 Å². The number of aromatic nitrogens is 1. The van der Waals surface area contributed by atoms with E-state index in [-0.39, 0.29) is 5.78 Å². The van der Waals surface area contributed by atoms with Crippen molar-refractivity contribution in [1.29, 1.82) is 0 Å². The van der Waals surface area contributed by atoms with Gasteiger partial charge in [0.1, 0.15) is 0 Å². The number of hydrogen-bond acceptors (Lipinski definition) is 1. The van der Waals surface area contributed by atoms with Crippen LogP contribution in [0.5, 0.6) is 0 Å². The summed E-state index contributed by atoms with van der Waals surface area (Å²) in [5.41, 5.74) is 3.36. The van der Waals surface area contributed by atoms with E-state index in [1.807, 2.05) is 41.1 Å². The fraction of sp³-hybridized carbons (Fsp3) is 0.130. The Hall–Kier alpha value is -3.00. The summed E-state index contributed by atoms with van der Waals surface area (Å²) < 4.78 is 1.96. The van der Waals surface area contributed by atoms with E-state index >= 15 is 0 Å². The Kier molecular flexibility index (Phi) is 3.81. The van der Waals surface area contributed by atoms with Crippen molar-refractivity contribution in [3.05, 3.63) is 89.7 Å². The molecule has 0 radical (unpaired) electrons. The molecule has 4 aromatic rings. The number of aryl methyl sites for hydroxylation is 2. The van der Waals surface area contributed by atoms with Crippen molar-refractivity contribution >= 4 is 27.3 Å². The van der Waals surface area contributed by atoms with Gasteiger partial charge in [-0.3, -0.25) is 4.79 Å². The summed E-state index contributed by atoms with van der Waals surface area (Å²) in [6.07, 6.45) is 4.04. The molecule has 0 saturated carbocycles. The van der Waals surface area contributed by atoms with E-state index < -0.39 is 0 Å². The number of hydrogen-bond donors (Lipinski definition) is 0. The lowest BCUT2D eigenvalue weighted by atomic mass is 10.00. The summed E-state index contributed by atoms with van der Waals surface area (Å²) in [4.78, 5) is 12.4. The molecule has 1 heterocycles. The van der Waals surface area contributed by atoms with Crippen LogP contribution in [0.25, 0.3) is 21.5 Å². The number of pyridine rings is 1. The third-order valence-electron chi connectivity index (χ3n) is 4.83. The zero-order valence-corrected chi connectivity index (χ0v) is 14.5. The molecule has 0 N–H and O–H groups in total. The molecule has 0 bridgehead atoms. The van der Waals surface area contributed by atoms with E-state index in [1.54, 1.807) is 0 Å². The minimum absolute atomic E-state index is 0.122. The highest BCUT2D eigenvalue weighted by molar-refractivity contribution is 5.98. The minimum Gasteiger partial charge on any atom is -0.287 e. The van der Waals surface area contributed by atoms with Crippen LogP contribution in [-0.2, 0) is 6.54 Å². The van der Waals surface area contributed by atoms with Crippen LogP contribution in [0.3, 0.4) is 0 Å². The average molecular weight is 326 g/mol. The third-order valence-corrected chi connectivity index (χ3v) is 4.83. The number of carbonyl (C=O) groups is 1. The standard InChI is InChI=1S/C23H20NO/c1-16-10-20-12-19-8-9-24(14-22(19)13-21(20)11-17(16)2)15-23(25)18-6-4-3-5-7-18/h3-14H,15H2,1-2H3/q+1. The van der Waals surface area contributed by atoms with Crippen molar-refractivity contribution in [3.8, 4) is 0 Å². The van der Waals surface area contributed by atoms with Crippen LogP contribution >= 0.6 is 0 Å². The van der Waals surface area contributed by atoms with Gasteiger partial charge in [0, 0.05) is 17.0 Å². The van der Waals surface area contributed by atoms with Crippen LogP contribution in [0, 0.1) is 13.8 Å². The monoisotopic (exact) mass is 326 g/mol. The number of fused-ring (bicyclic) bond motifs is 2. The maximum Gasteiger partial charge on any atom is 0.227 e. The van der Waals surface area contributed by atoms with E-state index in [0.717, 1.165) is 10.9 Å². The van der Waals surface area contributed by atoms with Crippen LogP contribution in [0.1, 0.15) is 21.5 Å². The lowest BCUT2D eigenvalue weighted by Crippen LogP contribution is -2.37. The molecule has 0 saturated heterocycles. The van der Waals surface area contributed by atoms with Crippen molar-refractivity contribution in [3.63, 3.8) is 0 Å². The maximum absolute atomic E-state index is 12.4. The molecule has 0 unspecified atom stereocenters. The molecule has 0 aliphatic heterocycles. The van der Waals surface area contributed by atoms with Crippen LogP contribution in [0.2, 0.25) is 0 Å². The van der Waals surface area contributed by atoms with Gasteiger partial charge in [-0.05, 0) is 53.3 Å². The molecule has 3 aromatic carbocycles. The number of Topliss-reactive ketones (excluding diaryl/α,β-unsaturated/α-hetero) is 1. The smallest absolute Gasteiger partial charge is 0.227 e. The number of nitrogens with zero attached hydrogens (tertiary/aromatic N) is 1. The quantitative estimate of drug-likeness (QED) is 0.301. The van der Waals surface area contributed by atoms with Gasteiger partial charge in [-0.15, -0.1) is 0 Å². The third kappa shape index (κ3) is 3.03. The average Bonchev–Trinajstić information content (AvgIpc) is 2.62. The fourth-order valence-corrected chi connectivity index (χ4v) is 3.25. The Labute approximate surface area is 147 Å².